The number of hydrogen-bond donors (Lipinski definition) is 0. The van der Waals surface area contributed by atoms with E-state index in [2.05, 4.69) is 57.2 Å². The molecule has 0 aromatic heterocycles. The molecule has 0 unspecified atom stereocenters. The van der Waals surface area contributed by atoms with E-state index in [1.807, 2.05) is 0 Å². The van der Waals surface area contributed by atoms with Gasteiger partial charge in [0.05, 0.1) is 0 Å². The summed E-state index contributed by atoms with van der Waals surface area (Å²) < 4.78 is 16.9. The third-order valence-electron chi connectivity index (χ3n) is 14.6. The second-order valence-corrected chi connectivity index (χ2v) is 22.0. The molecule has 0 radical (unpaired) electrons. The lowest BCUT2D eigenvalue weighted by Crippen LogP contribution is -2.30. The Labute approximate surface area is 455 Å². The largest absolute Gasteiger partial charge is 0.462 e. The minimum Gasteiger partial charge on any atom is -0.462 e. The van der Waals surface area contributed by atoms with Crippen LogP contribution in [0.3, 0.4) is 0 Å². The number of carbonyl (C=O) groups is 3. The Balaban J connectivity index is 4.29. The fourth-order valence-electron chi connectivity index (χ4n) is 9.67. The van der Waals surface area contributed by atoms with Gasteiger partial charge in [-0.25, -0.2) is 0 Å². The lowest BCUT2D eigenvalue weighted by Gasteiger charge is -2.18. The van der Waals surface area contributed by atoms with Crippen LogP contribution in [0.5, 0.6) is 0 Å². The fourth-order valence-corrected chi connectivity index (χ4v) is 9.67. The molecular formula is C67H124O6. The molecule has 1 atom stereocenters. The molecule has 0 aromatic rings. The Morgan fingerprint density at radius 2 is 0.452 bits per heavy atom. The van der Waals surface area contributed by atoms with E-state index < -0.39 is 6.10 Å². The van der Waals surface area contributed by atoms with E-state index in [1.54, 1.807) is 0 Å². The normalized spacial score (nSPS) is 12.2. The zero-order valence-electron chi connectivity index (χ0n) is 49.2. The second kappa shape index (κ2) is 62.2. The monoisotopic (exact) mass is 1020 g/mol. The molecule has 73 heavy (non-hydrogen) atoms. The van der Waals surface area contributed by atoms with Crippen molar-refractivity contribution in [1.82, 2.24) is 0 Å². The number of rotatable bonds is 60. The van der Waals surface area contributed by atoms with Crippen molar-refractivity contribution < 1.29 is 28.6 Å². The number of unbranched alkanes of at least 4 members (excludes halogenated alkanes) is 43. The molecule has 0 fully saturated rings. The van der Waals surface area contributed by atoms with Crippen molar-refractivity contribution in [2.24, 2.45) is 0 Å². The number of ether oxygens (including phenoxy) is 3. The third kappa shape index (κ3) is 60.4. The Bertz CT molecular complexity index is 1220. The third-order valence-corrected chi connectivity index (χ3v) is 14.6. The van der Waals surface area contributed by atoms with E-state index in [0.29, 0.717) is 19.3 Å². The first kappa shape index (κ1) is 70.6. The van der Waals surface area contributed by atoms with Gasteiger partial charge in [0.15, 0.2) is 6.10 Å². The van der Waals surface area contributed by atoms with Gasteiger partial charge in [0.25, 0.3) is 0 Å². The molecule has 0 heterocycles. The van der Waals surface area contributed by atoms with Gasteiger partial charge in [-0.2, -0.15) is 0 Å². The van der Waals surface area contributed by atoms with Crippen LogP contribution in [0.4, 0.5) is 0 Å². The molecule has 0 saturated carbocycles. The number of hydrogen-bond acceptors (Lipinski definition) is 6. The average Bonchev–Trinajstić information content (AvgIpc) is 3.39. The summed E-state index contributed by atoms with van der Waals surface area (Å²) in [5.74, 6) is -0.860. The molecule has 428 valence electrons. The number of carbonyl (C=O) groups excluding carboxylic acids is 3. The van der Waals surface area contributed by atoms with Crippen molar-refractivity contribution in [2.75, 3.05) is 13.2 Å². The highest BCUT2D eigenvalue weighted by Crippen LogP contribution is 2.17. The topological polar surface area (TPSA) is 78.9 Å². The van der Waals surface area contributed by atoms with E-state index in [0.717, 1.165) is 64.2 Å². The molecule has 0 bridgehead atoms. The van der Waals surface area contributed by atoms with Gasteiger partial charge in [0.1, 0.15) is 13.2 Å². The summed E-state index contributed by atoms with van der Waals surface area (Å²) in [7, 11) is 0. The van der Waals surface area contributed by atoms with Crippen LogP contribution in [0.2, 0.25) is 0 Å². The molecule has 0 amide bonds. The van der Waals surface area contributed by atoms with Crippen LogP contribution in [-0.2, 0) is 28.6 Å². The summed E-state index contributed by atoms with van der Waals surface area (Å²) in [5.41, 5.74) is 0. The summed E-state index contributed by atoms with van der Waals surface area (Å²) in [6, 6.07) is 0. The maximum atomic E-state index is 12.9. The van der Waals surface area contributed by atoms with Gasteiger partial charge in [-0.15, -0.1) is 0 Å². The lowest BCUT2D eigenvalue weighted by atomic mass is 10.0. The first-order valence-electron chi connectivity index (χ1n) is 32.5. The van der Waals surface area contributed by atoms with E-state index in [4.69, 9.17) is 14.2 Å². The Kier molecular flexibility index (Phi) is 60.2. The molecule has 6 nitrogen and oxygen atoms in total. The van der Waals surface area contributed by atoms with Crippen LogP contribution < -0.4 is 0 Å². The maximum Gasteiger partial charge on any atom is 0.306 e. The zero-order valence-corrected chi connectivity index (χ0v) is 49.2. The summed E-state index contributed by atoms with van der Waals surface area (Å²) in [6.45, 7) is 6.67. The Morgan fingerprint density at radius 3 is 0.699 bits per heavy atom. The minimum atomic E-state index is -0.775. The van der Waals surface area contributed by atoms with Gasteiger partial charge in [-0.1, -0.05) is 276 Å². The predicted molar refractivity (Wildman–Crippen MR) is 316 cm³/mol. The summed E-state index contributed by atoms with van der Waals surface area (Å²) in [5, 5.41) is 0. The molecule has 0 aromatic carbocycles. The average molecular weight is 1030 g/mol. The quantitative estimate of drug-likeness (QED) is 0.0261. The molecular weight excluding hydrogens is 901 g/mol. The van der Waals surface area contributed by atoms with Crippen molar-refractivity contribution in [3.05, 3.63) is 36.5 Å². The van der Waals surface area contributed by atoms with Crippen molar-refractivity contribution in [3.8, 4) is 0 Å². The summed E-state index contributed by atoms with van der Waals surface area (Å²) in [6.07, 6.45) is 75.8. The Morgan fingerprint density at radius 1 is 0.260 bits per heavy atom. The van der Waals surface area contributed by atoms with Crippen molar-refractivity contribution in [3.63, 3.8) is 0 Å². The smallest absolute Gasteiger partial charge is 0.306 e. The van der Waals surface area contributed by atoms with Crippen LogP contribution in [0.25, 0.3) is 0 Å². The second-order valence-electron chi connectivity index (χ2n) is 22.0. The molecule has 0 aliphatic heterocycles. The van der Waals surface area contributed by atoms with Crippen LogP contribution in [0.15, 0.2) is 36.5 Å². The van der Waals surface area contributed by atoms with Crippen LogP contribution in [0.1, 0.15) is 355 Å². The highest BCUT2D eigenvalue weighted by atomic mass is 16.6. The SMILES string of the molecule is CCCCCC/C=C\CCCCCCCC(=O)OC[C@@H](COC(=O)CCCCCCCCCCCCC/C=C\CCCCCCCC)OC(=O)CCCCCCCCCCCCC/C=C\CCCCCCCC. The van der Waals surface area contributed by atoms with Gasteiger partial charge in [0, 0.05) is 19.3 Å². The summed E-state index contributed by atoms with van der Waals surface area (Å²) >= 11 is 0. The fraction of sp³-hybridized carbons (Fsp3) is 0.866. The molecule has 0 N–H and O–H groups in total. The number of allylic oxidation sites excluding steroid dienone is 6. The van der Waals surface area contributed by atoms with Crippen molar-refractivity contribution >= 4 is 17.9 Å². The molecule has 6 heteroatoms. The highest BCUT2D eigenvalue weighted by molar-refractivity contribution is 5.71. The van der Waals surface area contributed by atoms with Gasteiger partial charge in [-0.05, 0) is 96.3 Å². The van der Waals surface area contributed by atoms with Gasteiger partial charge in [-0.3, -0.25) is 14.4 Å². The van der Waals surface area contributed by atoms with Crippen molar-refractivity contribution in [1.29, 1.82) is 0 Å². The molecule has 0 saturated heterocycles. The summed E-state index contributed by atoms with van der Waals surface area (Å²) in [4.78, 5) is 38.3. The zero-order chi connectivity index (χ0) is 52.9. The lowest BCUT2D eigenvalue weighted by molar-refractivity contribution is -0.167. The predicted octanol–water partition coefficient (Wildman–Crippen LogP) is 22.0. The van der Waals surface area contributed by atoms with Gasteiger partial charge >= 0.3 is 17.9 Å². The Hall–Kier alpha value is -2.37. The molecule has 0 aliphatic rings. The van der Waals surface area contributed by atoms with E-state index >= 15 is 0 Å². The van der Waals surface area contributed by atoms with Crippen LogP contribution in [-0.4, -0.2) is 37.2 Å². The minimum absolute atomic E-state index is 0.0721. The first-order valence-corrected chi connectivity index (χ1v) is 32.5. The molecule has 0 spiro atoms. The van der Waals surface area contributed by atoms with Gasteiger partial charge in [0.2, 0.25) is 0 Å². The van der Waals surface area contributed by atoms with Crippen LogP contribution in [0, 0.1) is 0 Å². The first-order chi connectivity index (χ1) is 36.0. The maximum absolute atomic E-state index is 12.9. The molecule has 0 aliphatic carbocycles. The van der Waals surface area contributed by atoms with E-state index in [9.17, 15) is 14.4 Å². The van der Waals surface area contributed by atoms with Crippen molar-refractivity contribution in [2.45, 2.75) is 361 Å². The van der Waals surface area contributed by atoms with Gasteiger partial charge < -0.3 is 14.2 Å². The standard InChI is InChI=1S/C67H124O6/c1-4-7-10-13-16-19-22-25-27-29-31-33-35-37-39-42-45-48-51-54-57-60-66(69)72-63-64(62-71-65(68)59-56-53-50-47-44-41-24-21-18-15-12-9-6-3)73-67(70)61-58-55-52-49-46-43-40-38-36-34-32-30-28-26-23-20-17-14-11-8-5-2/h21,24-28,64H,4-20,22-23,29-63H2,1-3H3/b24-21-,27-25-,28-26-/t64-/m0/s1. The van der Waals surface area contributed by atoms with Crippen LogP contribution >= 0.6 is 0 Å². The van der Waals surface area contributed by atoms with E-state index in [-0.39, 0.29) is 31.1 Å². The molecule has 0 rings (SSSR count). The van der Waals surface area contributed by atoms with E-state index in [1.165, 1.54) is 250 Å². The highest BCUT2D eigenvalue weighted by Gasteiger charge is 2.19. The number of esters is 3.